The lowest BCUT2D eigenvalue weighted by Gasteiger charge is -2.21. The van der Waals surface area contributed by atoms with Gasteiger partial charge in [-0.25, -0.2) is 9.13 Å². The SMILES string of the molecule is CCCCCCCCCCCCCCCCCCCCCCCC(=O)O[C@H](COC(=O)CCCCCCCCCCCCCCCCCCC(C)C)COP(=O)(O)OC[C@@H](O)COP(=O)(O)OC[C@@H](COC(=O)CCCCCCCCCCCC(C)C)OC(=O)CCCCCCCCCCCCCCCCCCC. The second-order valence-electron chi connectivity index (χ2n) is 33.3. The highest BCUT2D eigenvalue weighted by molar-refractivity contribution is 7.47. The average Bonchev–Trinajstić information content (AvgIpc) is 0.898. The van der Waals surface area contributed by atoms with Crippen LogP contribution in [0.25, 0.3) is 0 Å². The third kappa shape index (κ3) is 83.8. The molecule has 0 aliphatic rings. The van der Waals surface area contributed by atoms with E-state index in [1.807, 2.05) is 0 Å². The van der Waals surface area contributed by atoms with Crippen molar-refractivity contribution in [2.24, 2.45) is 11.8 Å². The quantitative estimate of drug-likeness (QED) is 0.0222. The van der Waals surface area contributed by atoms with E-state index in [1.54, 1.807) is 0 Å². The predicted molar refractivity (Wildman–Crippen MR) is 451 cm³/mol. The molecule has 0 fully saturated rings. The van der Waals surface area contributed by atoms with Gasteiger partial charge >= 0.3 is 39.5 Å². The van der Waals surface area contributed by atoms with Crippen molar-refractivity contribution in [3.8, 4) is 0 Å². The maximum atomic E-state index is 13.2. The summed E-state index contributed by atoms with van der Waals surface area (Å²) in [6.07, 6.45) is 75.1. The molecule has 0 heterocycles. The van der Waals surface area contributed by atoms with Gasteiger partial charge in [-0.05, 0) is 37.5 Å². The molecule has 0 aliphatic carbocycles. The van der Waals surface area contributed by atoms with Crippen LogP contribution < -0.4 is 0 Å². The molecule has 0 radical (unpaired) electrons. The van der Waals surface area contributed by atoms with E-state index in [2.05, 4.69) is 41.5 Å². The van der Waals surface area contributed by atoms with Gasteiger partial charge in [0.2, 0.25) is 0 Å². The Labute approximate surface area is 670 Å². The summed E-state index contributed by atoms with van der Waals surface area (Å²) in [6.45, 7) is 9.71. The number of hydrogen-bond acceptors (Lipinski definition) is 15. The van der Waals surface area contributed by atoms with E-state index in [-0.39, 0.29) is 25.7 Å². The highest BCUT2D eigenvalue weighted by Crippen LogP contribution is 2.45. The van der Waals surface area contributed by atoms with Crippen LogP contribution in [0.4, 0.5) is 0 Å². The van der Waals surface area contributed by atoms with Gasteiger partial charge in [0, 0.05) is 25.7 Å². The van der Waals surface area contributed by atoms with Crippen molar-refractivity contribution in [1.82, 2.24) is 0 Å². The second kappa shape index (κ2) is 81.2. The van der Waals surface area contributed by atoms with E-state index in [9.17, 15) is 43.2 Å². The third-order valence-corrected chi connectivity index (χ3v) is 23.1. The molecule has 19 heteroatoms. The number of carbonyl (C=O) groups is 4. The summed E-state index contributed by atoms with van der Waals surface area (Å²) in [7, 11) is -9.93. The molecule has 0 saturated heterocycles. The molecule has 2 unspecified atom stereocenters. The summed E-state index contributed by atoms with van der Waals surface area (Å²) < 4.78 is 69.1. The lowest BCUT2D eigenvalue weighted by molar-refractivity contribution is -0.161. The number of phosphoric ester groups is 2. The van der Waals surface area contributed by atoms with Gasteiger partial charge in [0.25, 0.3) is 0 Å². The first-order chi connectivity index (χ1) is 52.9. The number of aliphatic hydroxyl groups excluding tert-OH is 1. The van der Waals surface area contributed by atoms with Gasteiger partial charge < -0.3 is 33.8 Å². The number of rotatable bonds is 89. The Morgan fingerprint density at radius 1 is 0.248 bits per heavy atom. The molecule has 5 atom stereocenters. The summed E-state index contributed by atoms with van der Waals surface area (Å²) in [5, 5.41) is 10.7. The van der Waals surface area contributed by atoms with Crippen LogP contribution >= 0.6 is 15.6 Å². The van der Waals surface area contributed by atoms with Crippen LogP contribution in [-0.2, 0) is 65.4 Å². The minimum absolute atomic E-state index is 0.108. The zero-order valence-electron chi connectivity index (χ0n) is 71.9. The number of esters is 4. The van der Waals surface area contributed by atoms with Crippen molar-refractivity contribution in [2.75, 3.05) is 39.6 Å². The highest BCUT2D eigenvalue weighted by atomic mass is 31.2. The smallest absolute Gasteiger partial charge is 0.462 e. The Hall–Kier alpha value is -1.94. The van der Waals surface area contributed by atoms with Gasteiger partial charge in [-0.15, -0.1) is 0 Å². The average molecular weight is 1590 g/mol. The summed E-state index contributed by atoms with van der Waals surface area (Å²) in [5.74, 6) is -0.540. The lowest BCUT2D eigenvalue weighted by atomic mass is 10.0. The molecule has 0 aromatic carbocycles. The van der Waals surface area contributed by atoms with Crippen LogP contribution in [0.3, 0.4) is 0 Å². The Morgan fingerprint density at radius 3 is 0.624 bits per heavy atom. The molecule has 648 valence electrons. The van der Waals surface area contributed by atoms with Crippen molar-refractivity contribution in [1.29, 1.82) is 0 Å². The summed E-state index contributed by atoms with van der Waals surface area (Å²) in [5.41, 5.74) is 0. The molecule has 0 rings (SSSR count). The summed E-state index contributed by atoms with van der Waals surface area (Å²) in [4.78, 5) is 73.4. The third-order valence-electron chi connectivity index (χ3n) is 21.2. The molecule has 0 aromatic rings. The molecule has 0 amide bonds. The van der Waals surface area contributed by atoms with Crippen LogP contribution in [-0.4, -0.2) is 96.7 Å². The van der Waals surface area contributed by atoms with E-state index in [4.69, 9.17) is 37.0 Å². The molecule has 109 heavy (non-hydrogen) atoms. The van der Waals surface area contributed by atoms with Crippen molar-refractivity contribution < 1.29 is 80.2 Å². The first-order valence-electron chi connectivity index (χ1n) is 46.5. The number of phosphoric acid groups is 2. The van der Waals surface area contributed by atoms with Crippen molar-refractivity contribution in [3.05, 3.63) is 0 Å². The van der Waals surface area contributed by atoms with Crippen LogP contribution in [0.1, 0.15) is 485 Å². The number of hydrogen-bond donors (Lipinski definition) is 3. The summed E-state index contributed by atoms with van der Waals surface area (Å²) >= 11 is 0. The minimum atomic E-state index is -4.97. The molecule has 0 spiro atoms. The molecule has 17 nitrogen and oxygen atoms in total. The van der Waals surface area contributed by atoms with Crippen molar-refractivity contribution in [2.45, 2.75) is 503 Å². The fourth-order valence-corrected chi connectivity index (χ4v) is 15.7. The lowest BCUT2D eigenvalue weighted by Crippen LogP contribution is -2.30. The fraction of sp³-hybridized carbons (Fsp3) is 0.956. The number of unbranched alkanes of at least 4 members (excludes halogenated alkanes) is 59. The van der Waals surface area contributed by atoms with Crippen LogP contribution in [0, 0.1) is 11.8 Å². The Balaban J connectivity index is 5.25. The second-order valence-corrected chi connectivity index (χ2v) is 36.2. The Morgan fingerprint density at radius 2 is 0.422 bits per heavy atom. The molecule has 0 bridgehead atoms. The van der Waals surface area contributed by atoms with Crippen LogP contribution in [0.2, 0.25) is 0 Å². The van der Waals surface area contributed by atoms with E-state index in [1.165, 1.54) is 302 Å². The van der Waals surface area contributed by atoms with Crippen LogP contribution in [0.5, 0.6) is 0 Å². The fourth-order valence-electron chi connectivity index (χ4n) is 14.1. The van der Waals surface area contributed by atoms with E-state index < -0.39 is 97.5 Å². The molecular weight excluding hydrogens is 1410 g/mol. The number of ether oxygens (including phenoxy) is 4. The minimum Gasteiger partial charge on any atom is -0.462 e. The Bertz CT molecular complexity index is 2080. The standard InChI is InChI=1S/C90H176O17P2/c1-7-9-11-13-15-17-19-21-23-25-26-27-28-30-36-40-44-50-57-63-69-75-89(94)106-85(78-100-87(92)72-66-60-54-48-42-38-34-32-31-33-37-41-46-52-58-64-70-82(3)4)80-104-108(96,97)102-76-84(91)77-103-109(98,99)105-81-86(79-101-88(93)73-67-61-55-51-45-47-53-59-65-71-83(5)6)107-90(95)74-68-62-56-49-43-39-35-29-24-22-20-18-16-14-12-10-8-2/h82-86,91H,7-81H2,1-6H3,(H,96,97)(H,98,99)/t84-,85-,86-/m1/s1. The van der Waals surface area contributed by atoms with Gasteiger partial charge in [-0.2, -0.15) is 0 Å². The molecule has 0 aliphatic heterocycles. The number of aliphatic hydroxyl groups is 1. The molecule has 0 aromatic heterocycles. The maximum absolute atomic E-state index is 13.2. The molecule has 0 saturated carbocycles. The topological polar surface area (TPSA) is 237 Å². The van der Waals surface area contributed by atoms with Gasteiger partial charge in [0.15, 0.2) is 12.2 Å². The van der Waals surface area contributed by atoms with E-state index >= 15 is 0 Å². The zero-order chi connectivity index (χ0) is 79.9. The van der Waals surface area contributed by atoms with Gasteiger partial charge in [-0.3, -0.25) is 37.3 Å². The van der Waals surface area contributed by atoms with Crippen molar-refractivity contribution in [3.63, 3.8) is 0 Å². The van der Waals surface area contributed by atoms with E-state index in [0.717, 1.165) is 102 Å². The molecule has 3 N–H and O–H groups in total. The van der Waals surface area contributed by atoms with Gasteiger partial charge in [0.05, 0.1) is 26.4 Å². The van der Waals surface area contributed by atoms with Gasteiger partial charge in [0.1, 0.15) is 19.3 Å². The highest BCUT2D eigenvalue weighted by Gasteiger charge is 2.31. The van der Waals surface area contributed by atoms with E-state index in [0.29, 0.717) is 25.7 Å². The maximum Gasteiger partial charge on any atom is 0.472 e. The number of carbonyl (C=O) groups excluding carboxylic acids is 4. The summed E-state index contributed by atoms with van der Waals surface area (Å²) in [6, 6.07) is 0. The normalized spacial score (nSPS) is 13.8. The monoisotopic (exact) mass is 1590 g/mol. The van der Waals surface area contributed by atoms with Crippen molar-refractivity contribution >= 4 is 39.5 Å². The van der Waals surface area contributed by atoms with Crippen LogP contribution in [0.15, 0.2) is 0 Å². The predicted octanol–water partition coefficient (Wildman–Crippen LogP) is 27.8. The first kappa shape index (κ1) is 107. The largest absolute Gasteiger partial charge is 0.472 e. The Kier molecular flexibility index (Phi) is 79.8. The zero-order valence-corrected chi connectivity index (χ0v) is 73.7. The first-order valence-corrected chi connectivity index (χ1v) is 49.5. The molecular formula is C90H176O17P2. The van der Waals surface area contributed by atoms with Gasteiger partial charge in [-0.1, -0.05) is 433 Å².